The number of rotatable bonds is 4. The highest BCUT2D eigenvalue weighted by molar-refractivity contribution is 7.17. The molecule has 3 aromatic rings. The predicted octanol–water partition coefficient (Wildman–Crippen LogP) is 2.70. The molecule has 7 nitrogen and oxygen atoms in total. The summed E-state index contributed by atoms with van der Waals surface area (Å²) < 4.78 is 12.7. The van der Waals surface area contributed by atoms with Crippen LogP contribution in [0.15, 0.2) is 30.6 Å². The van der Waals surface area contributed by atoms with Crippen molar-refractivity contribution in [1.82, 2.24) is 19.5 Å². The maximum absolute atomic E-state index is 10.8. The van der Waals surface area contributed by atoms with Crippen molar-refractivity contribution in [3.8, 4) is 11.6 Å². The number of methoxy groups -OCH3 is 1. The highest BCUT2D eigenvalue weighted by atomic mass is 32.1. The molecular weight excluding hydrogens is 352 g/mol. The molecule has 4 rings (SSSR count). The number of nitrogens with zero attached hydrogens (tertiary/aromatic N) is 4. The molecule has 0 aliphatic carbocycles. The first kappa shape index (κ1) is 17.3. The molecular formula is C18H22N4O3S. The van der Waals surface area contributed by atoms with Crippen molar-refractivity contribution >= 4 is 16.3 Å². The molecule has 26 heavy (non-hydrogen) atoms. The van der Waals surface area contributed by atoms with Crippen LogP contribution < -0.4 is 4.74 Å². The van der Waals surface area contributed by atoms with Crippen LogP contribution in [0.2, 0.25) is 0 Å². The molecule has 138 valence electrons. The topological polar surface area (TPSA) is 72.1 Å². The minimum atomic E-state index is -0.0943. The second-order valence-electron chi connectivity index (χ2n) is 6.63. The average Bonchev–Trinajstić information content (AvgIpc) is 3.19. The minimum Gasteiger partial charge on any atom is -0.497 e. The van der Waals surface area contributed by atoms with Crippen LogP contribution in [0, 0.1) is 0 Å². The van der Waals surface area contributed by atoms with Crippen LogP contribution in [0.25, 0.3) is 4.96 Å². The van der Waals surface area contributed by atoms with Crippen molar-refractivity contribution in [2.75, 3.05) is 20.2 Å². The Morgan fingerprint density at radius 3 is 2.54 bits per heavy atom. The molecule has 1 saturated heterocycles. The molecule has 8 heteroatoms. The lowest BCUT2D eigenvalue weighted by atomic mass is 10.0. The van der Waals surface area contributed by atoms with Crippen molar-refractivity contribution in [2.24, 2.45) is 0 Å². The molecule has 0 amide bonds. The number of hydrogen-bond acceptors (Lipinski definition) is 7. The Morgan fingerprint density at radius 1 is 1.23 bits per heavy atom. The molecule has 2 aromatic heterocycles. The van der Waals surface area contributed by atoms with Gasteiger partial charge in [-0.05, 0) is 31.5 Å². The zero-order valence-corrected chi connectivity index (χ0v) is 15.8. The van der Waals surface area contributed by atoms with Gasteiger partial charge in [0.1, 0.15) is 12.1 Å². The van der Waals surface area contributed by atoms with Crippen molar-refractivity contribution < 1.29 is 14.6 Å². The van der Waals surface area contributed by atoms with E-state index >= 15 is 0 Å². The van der Waals surface area contributed by atoms with Crippen molar-refractivity contribution in [1.29, 1.82) is 0 Å². The highest BCUT2D eigenvalue weighted by Gasteiger charge is 2.33. The van der Waals surface area contributed by atoms with Crippen LogP contribution in [0.4, 0.5) is 0 Å². The largest absolute Gasteiger partial charge is 0.497 e. The van der Waals surface area contributed by atoms with Crippen molar-refractivity contribution in [3.05, 3.63) is 41.0 Å². The third-order valence-corrected chi connectivity index (χ3v) is 5.72. The molecule has 0 bridgehead atoms. The lowest BCUT2D eigenvalue weighted by Gasteiger charge is -2.40. The van der Waals surface area contributed by atoms with E-state index in [0.29, 0.717) is 4.96 Å². The average molecular weight is 374 g/mol. The summed E-state index contributed by atoms with van der Waals surface area (Å²) in [4.78, 5) is 8.10. The molecule has 3 atom stereocenters. The summed E-state index contributed by atoms with van der Waals surface area (Å²) in [6, 6.07) is 7.89. The van der Waals surface area contributed by atoms with Gasteiger partial charge in [0, 0.05) is 13.1 Å². The molecule has 1 aliphatic rings. The summed E-state index contributed by atoms with van der Waals surface area (Å²) in [7, 11) is 1.66. The third-order valence-electron chi connectivity index (χ3n) is 4.63. The van der Waals surface area contributed by atoms with Gasteiger partial charge >= 0.3 is 0 Å². The van der Waals surface area contributed by atoms with Crippen LogP contribution in [-0.2, 0) is 4.74 Å². The number of fused-ring (bicyclic) bond motifs is 1. The second-order valence-corrected chi connectivity index (χ2v) is 7.64. The Kier molecular flexibility index (Phi) is 4.56. The molecule has 0 unspecified atom stereocenters. The Labute approximate surface area is 155 Å². The first-order valence-electron chi connectivity index (χ1n) is 8.61. The lowest BCUT2D eigenvalue weighted by molar-refractivity contribution is -0.0764. The number of aromatic hydroxyl groups is 1. The van der Waals surface area contributed by atoms with Crippen LogP contribution in [0.3, 0.4) is 0 Å². The van der Waals surface area contributed by atoms with E-state index in [1.807, 2.05) is 24.3 Å². The quantitative estimate of drug-likeness (QED) is 0.757. The molecule has 0 spiro atoms. The van der Waals surface area contributed by atoms with Gasteiger partial charge in [-0.1, -0.05) is 23.5 Å². The number of ether oxygens (including phenoxy) is 2. The smallest absolute Gasteiger partial charge is 0.230 e. The van der Waals surface area contributed by atoms with E-state index in [0.717, 1.165) is 29.3 Å². The minimum absolute atomic E-state index is 0.0943. The number of aromatic nitrogens is 3. The van der Waals surface area contributed by atoms with Crippen LogP contribution >= 0.6 is 11.3 Å². The fourth-order valence-corrected chi connectivity index (χ4v) is 4.71. The Bertz CT molecular complexity index is 882. The number of morpholine rings is 1. The van der Waals surface area contributed by atoms with E-state index in [4.69, 9.17) is 9.47 Å². The van der Waals surface area contributed by atoms with Gasteiger partial charge in [0.25, 0.3) is 0 Å². The third kappa shape index (κ3) is 3.04. The fraction of sp³-hybridized carbons (Fsp3) is 0.444. The zero-order valence-electron chi connectivity index (χ0n) is 15.0. The molecule has 1 aromatic carbocycles. The van der Waals surface area contributed by atoms with Gasteiger partial charge in [-0.15, -0.1) is 0 Å². The Morgan fingerprint density at radius 2 is 1.92 bits per heavy atom. The SMILES string of the molecule is COc1ccc([C@@H](c2sc3ncnn3c2O)N2C[C@@H](C)O[C@@H](C)C2)cc1. The van der Waals surface area contributed by atoms with Crippen LogP contribution in [-0.4, -0.2) is 57.0 Å². The van der Waals surface area contributed by atoms with Gasteiger partial charge in [0.05, 0.1) is 30.2 Å². The van der Waals surface area contributed by atoms with E-state index in [2.05, 4.69) is 28.8 Å². The lowest BCUT2D eigenvalue weighted by Crippen LogP contribution is -2.47. The monoisotopic (exact) mass is 374 g/mol. The van der Waals surface area contributed by atoms with Crippen molar-refractivity contribution in [3.63, 3.8) is 0 Å². The standard InChI is InChI=1S/C18H22N4O3S/c1-11-8-21(9-12(2)25-11)15(13-4-6-14(24-3)7-5-13)16-17(23)22-18(26-16)19-10-20-22/h4-7,10-12,15,23H,8-9H2,1-3H3/t11-,12+,15-/m0/s1. The molecule has 1 N–H and O–H groups in total. The number of hydrogen-bond donors (Lipinski definition) is 1. The summed E-state index contributed by atoms with van der Waals surface area (Å²) in [5.74, 6) is 0.957. The van der Waals surface area contributed by atoms with E-state index < -0.39 is 0 Å². The number of benzene rings is 1. The Balaban J connectivity index is 1.80. The van der Waals surface area contributed by atoms with Gasteiger partial charge in [0.2, 0.25) is 10.8 Å². The summed E-state index contributed by atoms with van der Waals surface area (Å²) in [6.07, 6.45) is 1.71. The fourth-order valence-electron chi connectivity index (χ4n) is 3.61. The van der Waals surface area contributed by atoms with E-state index in [9.17, 15) is 5.11 Å². The first-order valence-corrected chi connectivity index (χ1v) is 9.43. The maximum atomic E-state index is 10.8. The van der Waals surface area contributed by atoms with E-state index in [-0.39, 0.29) is 24.1 Å². The first-order chi connectivity index (χ1) is 12.6. The number of thiazole rings is 1. The molecule has 1 aliphatic heterocycles. The molecule has 1 fully saturated rings. The van der Waals surface area contributed by atoms with E-state index in [1.54, 1.807) is 7.11 Å². The van der Waals surface area contributed by atoms with Crippen LogP contribution in [0.1, 0.15) is 30.3 Å². The Hall–Kier alpha value is -2.16. The van der Waals surface area contributed by atoms with Gasteiger partial charge in [-0.3, -0.25) is 4.90 Å². The zero-order chi connectivity index (χ0) is 18.3. The van der Waals surface area contributed by atoms with Gasteiger partial charge in [0.15, 0.2) is 0 Å². The normalized spacial score (nSPS) is 22.6. The highest BCUT2D eigenvalue weighted by Crippen LogP contribution is 2.40. The summed E-state index contributed by atoms with van der Waals surface area (Å²) >= 11 is 1.47. The van der Waals surface area contributed by atoms with Gasteiger partial charge in [-0.25, -0.2) is 4.98 Å². The summed E-state index contributed by atoms with van der Waals surface area (Å²) in [5, 5.41) is 14.9. The second kappa shape index (κ2) is 6.86. The van der Waals surface area contributed by atoms with Gasteiger partial charge < -0.3 is 14.6 Å². The maximum Gasteiger partial charge on any atom is 0.230 e. The predicted molar refractivity (Wildman–Crippen MR) is 98.9 cm³/mol. The van der Waals surface area contributed by atoms with E-state index in [1.165, 1.54) is 22.2 Å². The molecule has 3 heterocycles. The summed E-state index contributed by atoms with van der Waals surface area (Å²) in [5.41, 5.74) is 1.09. The van der Waals surface area contributed by atoms with Gasteiger partial charge in [-0.2, -0.15) is 9.61 Å². The molecule has 0 saturated carbocycles. The van der Waals surface area contributed by atoms with Crippen molar-refractivity contribution in [2.45, 2.75) is 32.1 Å². The van der Waals surface area contributed by atoms with Crippen LogP contribution in [0.5, 0.6) is 11.6 Å². The molecule has 0 radical (unpaired) electrons. The summed E-state index contributed by atoms with van der Waals surface area (Å²) in [6.45, 7) is 5.73.